The molecule has 0 saturated carbocycles. The smallest absolute Gasteiger partial charge is 0.372 e. The molecule has 2 atom stereocenters. The third-order valence-electron chi connectivity index (χ3n) is 8.26. The zero-order chi connectivity index (χ0) is 37.9. The van der Waals surface area contributed by atoms with Crippen LogP contribution in [-0.4, -0.2) is 85.2 Å². The Bertz CT molecular complexity index is 1930. The van der Waals surface area contributed by atoms with Crippen LogP contribution in [0.2, 0.25) is 0 Å². The van der Waals surface area contributed by atoms with Gasteiger partial charge in [-0.3, -0.25) is 0 Å². The number of piperidine rings is 2. The van der Waals surface area contributed by atoms with Gasteiger partial charge in [-0.05, 0) is 91.9 Å². The minimum atomic E-state index is -3.94. The average molecular weight is 767 g/mol. The molecule has 2 fully saturated rings. The summed E-state index contributed by atoms with van der Waals surface area (Å²) < 4.78 is 84.9. The van der Waals surface area contributed by atoms with Crippen molar-refractivity contribution in [3.05, 3.63) is 90.0 Å². The van der Waals surface area contributed by atoms with Crippen LogP contribution in [0.25, 0.3) is 0 Å². The minimum absolute atomic E-state index is 0.00320. The Morgan fingerprint density at radius 1 is 0.750 bits per heavy atom. The first-order chi connectivity index (χ1) is 24.8. The predicted molar refractivity (Wildman–Crippen MR) is 185 cm³/mol. The van der Waals surface area contributed by atoms with E-state index in [-0.39, 0.29) is 34.6 Å². The van der Waals surface area contributed by atoms with Crippen LogP contribution < -0.4 is 16.2 Å². The third kappa shape index (κ3) is 10.2. The van der Waals surface area contributed by atoms with Crippen molar-refractivity contribution in [2.45, 2.75) is 67.0 Å². The van der Waals surface area contributed by atoms with E-state index in [1.165, 1.54) is 32.9 Å². The van der Waals surface area contributed by atoms with E-state index < -0.39 is 56.3 Å². The SMILES string of the molecule is N/C(=N\O)[C@@H]1CCCCN1S(=O)(=O)c1ccc(F)cc1.N/C(=N\OC(=O)COc1ccc(CO)cc1)[C@@H]1CCCCN1S(=O)(=O)c1ccc(F)cc1. The average Bonchev–Trinajstić information content (AvgIpc) is 3.16. The molecule has 2 aliphatic rings. The number of rotatable bonds is 11. The maximum Gasteiger partial charge on any atom is 0.372 e. The molecule has 15 nitrogen and oxygen atoms in total. The van der Waals surface area contributed by atoms with E-state index in [1.807, 2.05) is 0 Å². The zero-order valence-electron chi connectivity index (χ0n) is 27.9. The number of sulfonamides is 2. The molecule has 3 aromatic rings. The van der Waals surface area contributed by atoms with Gasteiger partial charge in [0.05, 0.1) is 28.5 Å². The van der Waals surface area contributed by atoms with Crippen molar-refractivity contribution in [1.29, 1.82) is 0 Å². The zero-order valence-corrected chi connectivity index (χ0v) is 29.6. The number of carbonyl (C=O) groups is 1. The Morgan fingerprint density at radius 3 is 1.65 bits per heavy atom. The van der Waals surface area contributed by atoms with Crippen molar-refractivity contribution in [3.8, 4) is 5.75 Å². The molecule has 0 unspecified atom stereocenters. The fraction of sp³-hybridized carbons (Fsp3) is 0.364. The summed E-state index contributed by atoms with van der Waals surface area (Å²) in [5.41, 5.74) is 12.2. The Morgan fingerprint density at radius 2 is 1.21 bits per heavy atom. The Labute approximate surface area is 300 Å². The number of hydrogen-bond acceptors (Lipinski definition) is 11. The van der Waals surface area contributed by atoms with E-state index in [0.717, 1.165) is 37.1 Å². The topological polar surface area (TPSA) is 228 Å². The van der Waals surface area contributed by atoms with Gasteiger partial charge in [-0.25, -0.2) is 30.4 Å². The molecule has 6 N–H and O–H groups in total. The monoisotopic (exact) mass is 766 g/mol. The maximum atomic E-state index is 13.2. The second kappa shape index (κ2) is 18.2. The first kappa shape index (κ1) is 40.1. The van der Waals surface area contributed by atoms with Gasteiger partial charge in [-0.1, -0.05) is 35.3 Å². The Kier molecular flexibility index (Phi) is 14.0. The first-order valence-corrected chi connectivity index (χ1v) is 19.0. The summed E-state index contributed by atoms with van der Waals surface area (Å²) in [6.45, 7) is -0.0367. The molecule has 0 aromatic heterocycles. The van der Waals surface area contributed by atoms with E-state index in [1.54, 1.807) is 24.3 Å². The van der Waals surface area contributed by atoms with Gasteiger partial charge < -0.3 is 31.4 Å². The van der Waals surface area contributed by atoms with E-state index >= 15 is 0 Å². The summed E-state index contributed by atoms with van der Waals surface area (Å²) in [4.78, 5) is 16.7. The van der Waals surface area contributed by atoms with Crippen LogP contribution in [0, 0.1) is 11.6 Å². The lowest BCUT2D eigenvalue weighted by atomic mass is 10.0. The van der Waals surface area contributed by atoms with Gasteiger partial charge in [0.25, 0.3) is 0 Å². The van der Waals surface area contributed by atoms with Crippen molar-refractivity contribution in [3.63, 3.8) is 0 Å². The lowest BCUT2D eigenvalue weighted by molar-refractivity contribution is -0.146. The van der Waals surface area contributed by atoms with Gasteiger partial charge in [0.15, 0.2) is 18.3 Å². The highest BCUT2D eigenvalue weighted by Crippen LogP contribution is 2.27. The molecule has 282 valence electrons. The number of aliphatic hydroxyl groups is 1. The molecule has 0 amide bonds. The van der Waals surface area contributed by atoms with E-state index in [4.69, 9.17) is 31.4 Å². The molecule has 2 aliphatic heterocycles. The molecule has 2 saturated heterocycles. The fourth-order valence-corrected chi connectivity index (χ4v) is 8.89. The van der Waals surface area contributed by atoms with Crippen LogP contribution in [0.4, 0.5) is 8.78 Å². The number of halogens is 2. The minimum Gasteiger partial charge on any atom is -0.482 e. The molecule has 5 rings (SSSR count). The van der Waals surface area contributed by atoms with E-state index in [0.29, 0.717) is 43.5 Å². The van der Waals surface area contributed by atoms with Gasteiger partial charge in [0.1, 0.15) is 17.4 Å². The van der Waals surface area contributed by atoms with Crippen LogP contribution in [0.1, 0.15) is 44.1 Å². The number of oxime groups is 2. The maximum absolute atomic E-state index is 13.2. The lowest BCUT2D eigenvalue weighted by Crippen LogP contribution is -2.50. The summed E-state index contributed by atoms with van der Waals surface area (Å²) >= 11 is 0. The number of nitrogens with zero attached hydrogens (tertiary/aromatic N) is 4. The molecule has 0 radical (unpaired) electrons. The largest absolute Gasteiger partial charge is 0.482 e. The quantitative estimate of drug-likeness (QED) is 0.0730. The summed E-state index contributed by atoms with van der Waals surface area (Å²) in [7, 11) is -7.73. The van der Waals surface area contributed by atoms with Gasteiger partial charge in [-0.2, -0.15) is 8.61 Å². The summed E-state index contributed by atoms with van der Waals surface area (Å²) in [6.07, 6.45) is 3.76. The van der Waals surface area contributed by atoms with Crippen molar-refractivity contribution in [2.75, 3.05) is 19.7 Å². The van der Waals surface area contributed by atoms with Crippen LogP contribution in [-0.2, 0) is 36.3 Å². The van der Waals surface area contributed by atoms with Gasteiger partial charge in [0, 0.05) is 13.1 Å². The van der Waals surface area contributed by atoms with Gasteiger partial charge in [-0.15, -0.1) is 0 Å². The molecular weight excluding hydrogens is 727 g/mol. The Hall–Kier alpha value is -4.69. The van der Waals surface area contributed by atoms with Crippen molar-refractivity contribution < 1.29 is 50.3 Å². The summed E-state index contributed by atoms with van der Waals surface area (Å²) in [5.74, 6) is -1.75. The van der Waals surface area contributed by atoms with Crippen molar-refractivity contribution in [2.24, 2.45) is 21.8 Å². The molecule has 52 heavy (non-hydrogen) atoms. The van der Waals surface area contributed by atoms with E-state index in [9.17, 15) is 30.4 Å². The summed E-state index contributed by atoms with van der Waals surface area (Å²) in [5, 5.41) is 24.3. The normalized spacial score (nSPS) is 19.3. The molecule has 0 spiro atoms. The van der Waals surface area contributed by atoms with E-state index in [2.05, 4.69) is 10.3 Å². The molecule has 19 heteroatoms. The van der Waals surface area contributed by atoms with Crippen LogP contribution >= 0.6 is 0 Å². The second-order valence-electron chi connectivity index (χ2n) is 11.8. The highest BCUT2D eigenvalue weighted by molar-refractivity contribution is 7.89. The van der Waals surface area contributed by atoms with Crippen molar-refractivity contribution >= 4 is 37.7 Å². The Balaban J connectivity index is 0.000000259. The third-order valence-corrected chi connectivity index (χ3v) is 12.1. The number of aliphatic hydroxyl groups excluding tert-OH is 1. The predicted octanol–water partition coefficient (Wildman–Crippen LogP) is 2.87. The molecular formula is C33H40F2N6O9S2. The van der Waals surface area contributed by atoms with Gasteiger partial charge >= 0.3 is 5.97 Å². The summed E-state index contributed by atoms with van der Waals surface area (Å²) in [6, 6.07) is 14.2. The number of ether oxygens (including phenoxy) is 1. The highest BCUT2D eigenvalue weighted by atomic mass is 32.2. The highest BCUT2D eigenvalue weighted by Gasteiger charge is 2.37. The lowest BCUT2D eigenvalue weighted by Gasteiger charge is -2.33. The number of benzene rings is 3. The number of carbonyl (C=O) groups excluding carboxylic acids is 1. The van der Waals surface area contributed by atoms with Crippen LogP contribution in [0.5, 0.6) is 5.75 Å². The molecule has 3 aromatic carbocycles. The number of amidine groups is 2. The standard InChI is InChI=1S/C21H24FN3O6S.C12H16FN3O3S/c22-16-6-10-18(11-7-16)32(28,29)25-12-2-1-3-19(25)21(23)24-31-20(27)14-30-17-8-4-15(13-26)5-9-17;13-9-4-6-10(7-5-9)20(18,19)16-8-2-1-3-11(16)12(14)15-17/h4-11,19,26H,1-3,12-14H2,(H2,23,24);4-7,11,17H,1-3,8H2,(H2,14,15)/t19-;11-/m00/s1. The second-order valence-corrected chi connectivity index (χ2v) is 15.5. The number of nitrogens with two attached hydrogens (primary N) is 2. The van der Waals surface area contributed by atoms with Crippen molar-refractivity contribution in [1.82, 2.24) is 8.61 Å². The molecule has 0 aliphatic carbocycles. The fourth-order valence-electron chi connectivity index (χ4n) is 5.55. The molecule has 0 bridgehead atoms. The van der Waals surface area contributed by atoms with Crippen LogP contribution in [0.3, 0.4) is 0 Å². The first-order valence-electron chi connectivity index (χ1n) is 16.2. The van der Waals surface area contributed by atoms with Crippen LogP contribution in [0.15, 0.2) is 92.9 Å². The molecule has 2 heterocycles. The number of hydrogen-bond donors (Lipinski definition) is 4. The van der Waals surface area contributed by atoms with Gasteiger partial charge in [0.2, 0.25) is 20.0 Å².